The van der Waals surface area contributed by atoms with E-state index in [1.165, 1.54) is 5.69 Å². The lowest BCUT2D eigenvalue weighted by Gasteiger charge is -2.36. The summed E-state index contributed by atoms with van der Waals surface area (Å²) in [4.78, 5) is 28.6. The van der Waals surface area contributed by atoms with Crippen molar-refractivity contribution in [1.29, 1.82) is 0 Å². The maximum absolute atomic E-state index is 12.4. The molecule has 0 unspecified atom stereocenters. The zero-order valence-electron chi connectivity index (χ0n) is 15.5. The molecule has 148 valence electrons. The fourth-order valence-electron chi connectivity index (χ4n) is 3.22. The van der Waals surface area contributed by atoms with Crippen LogP contribution in [-0.4, -0.2) is 49.4 Å². The van der Waals surface area contributed by atoms with Crippen molar-refractivity contribution < 1.29 is 9.59 Å². The van der Waals surface area contributed by atoms with E-state index in [1.807, 2.05) is 23.1 Å². The first-order valence-corrected chi connectivity index (χ1v) is 10.1. The molecule has 1 N–H and O–H groups in total. The minimum Gasteiger partial charge on any atom is -0.368 e. The van der Waals surface area contributed by atoms with Gasteiger partial charge in [-0.1, -0.05) is 47.5 Å². The second kappa shape index (κ2) is 9.80. The fraction of sp³-hybridized carbons (Fsp3) is 0.333. The van der Waals surface area contributed by atoms with Crippen molar-refractivity contribution >= 4 is 40.7 Å². The number of halogens is 2. The van der Waals surface area contributed by atoms with E-state index in [0.717, 1.165) is 18.7 Å². The van der Waals surface area contributed by atoms with Crippen molar-refractivity contribution in [2.75, 3.05) is 37.6 Å². The van der Waals surface area contributed by atoms with Crippen LogP contribution in [0.1, 0.15) is 12.0 Å². The van der Waals surface area contributed by atoms with Crippen molar-refractivity contribution in [1.82, 2.24) is 10.2 Å². The molecule has 3 rings (SSSR count). The molecule has 2 aromatic carbocycles. The predicted molar refractivity (Wildman–Crippen MR) is 113 cm³/mol. The molecule has 1 fully saturated rings. The van der Waals surface area contributed by atoms with Gasteiger partial charge in [-0.05, 0) is 29.8 Å². The largest absolute Gasteiger partial charge is 0.368 e. The van der Waals surface area contributed by atoms with Gasteiger partial charge in [0.05, 0.1) is 16.5 Å². The molecule has 28 heavy (non-hydrogen) atoms. The van der Waals surface area contributed by atoms with E-state index in [-0.39, 0.29) is 18.2 Å². The Morgan fingerprint density at radius 1 is 0.929 bits per heavy atom. The summed E-state index contributed by atoms with van der Waals surface area (Å²) in [6, 6.07) is 15.3. The molecule has 1 aliphatic rings. The van der Waals surface area contributed by atoms with Crippen LogP contribution in [0.2, 0.25) is 10.0 Å². The number of amides is 2. The number of piperazine rings is 1. The Bertz CT molecular complexity index is 822. The van der Waals surface area contributed by atoms with E-state index < -0.39 is 0 Å². The normalized spacial score (nSPS) is 14.1. The molecule has 0 aromatic heterocycles. The van der Waals surface area contributed by atoms with E-state index in [9.17, 15) is 9.59 Å². The summed E-state index contributed by atoms with van der Waals surface area (Å²) in [5, 5.41) is 3.69. The first kappa shape index (κ1) is 20.5. The Kier molecular flexibility index (Phi) is 7.18. The second-order valence-electron chi connectivity index (χ2n) is 6.73. The standard InChI is InChI=1S/C21H23Cl2N3O2/c22-18-7-6-16(14-19(18)23)15-20(27)24-9-8-21(28)26-12-10-25(11-13-26)17-4-2-1-3-5-17/h1-7,14H,8-13,15H2,(H,24,27). The van der Waals surface area contributed by atoms with Gasteiger partial charge < -0.3 is 15.1 Å². The second-order valence-corrected chi connectivity index (χ2v) is 7.54. The maximum atomic E-state index is 12.4. The third-order valence-corrected chi connectivity index (χ3v) is 5.50. The summed E-state index contributed by atoms with van der Waals surface area (Å²) in [5.74, 6) is -0.0670. The van der Waals surface area contributed by atoms with Gasteiger partial charge in [0.2, 0.25) is 11.8 Å². The average Bonchev–Trinajstić information content (AvgIpc) is 2.71. The number of carbonyl (C=O) groups is 2. The van der Waals surface area contributed by atoms with Crippen LogP contribution >= 0.6 is 23.2 Å². The zero-order chi connectivity index (χ0) is 19.9. The number of hydrogen-bond donors (Lipinski definition) is 1. The minimum absolute atomic E-state index is 0.0718. The highest BCUT2D eigenvalue weighted by Crippen LogP contribution is 2.22. The molecule has 2 amide bonds. The van der Waals surface area contributed by atoms with Crippen LogP contribution < -0.4 is 10.2 Å². The SMILES string of the molecule is O=C(Cc1ccc(Cl)c(Cl)c1)NCCC(=O)N1CCN(c2ccccc2)CC1. The molecule has 0 aliphatic carbocycles. The lowest BCUT2D eigenvalue weighted by Crippen LogP contribution is -2.49. The fourth-order valence-corrected chi connectivity index (χ4v) is 3.54. The Labute approximate surface area is 175 Å². The van der Waals surface area contributed by atoms with E-state index in [4.69, 9.17) is 23.2 Å². The van der Waals surface area contributed by atoms with Crippen LogP contribution in [-0.2, 0) is 16.0 Å². The maximum Gasteiger partial charge on any atom is 0.224 e. The summed E-state index contributed by atoms with van der Waals surface area (Å²) < 4.78 is 0. The lowest BCUT2D eigenvalue weighted by atomic mass is 10.1. The van der Waals surface area contributed by atoms with Crippen LogP contribution in [0, 0.1) is 0 Å². The Balaban J connectivity index is 1.37. The molecule has 0 saturated carbocycles. The number of nitrogens with one attached hydrogen (secondary N) is 1. The summed E-state index contributed by atoms with van der Waals surface area (Å²) in [7, 11) is 0. The van der Waals surface area contributed by atoms with Gasteiger partial charge in [0.15, 0.2) is 0 Å². The number of hydrogen-bond acceptors (Lipinski definition) is 3. The van der Waals surface area contributed by atoms with Crippen molar-refractivity contribution in [3.8, 4) is 0 Å². The lowest BCUT2D eigenvalue weighted by molar-refractivity contribution is -0.131. The molecular formula is C21H23Cl2N3O2. The third-order valence-electron chi connectivity index (χ3n) is 4.76. The van der Waals surface area contributed by atoms with Crippen LogP contribution in [0.4, 0.5) is 5.69 Å². The van der Waals surface area contributed by atoms with Crippen LogP contribution in [0.15, 0.2) is 48.5 Å². The highest BCUT2D eigenvalue weighted by atomic mass is 35.5. The van der Waals surface area contributed by atoms with Gasteiger partial charge in [0.25, 0.3) is 0 Å². The predicted octanol–water partition coefficient (Wildman–Crippen LogP) is 3.39. The smallest absolute Gasteiger partial charge is 0.224 e. The van der Waals surface area contributed by atoms with Gasteiger partial charge in [-0.2, -0.15) is 0 Å². The van der Waals surface area contributed by atoms with Gasteiger partial charge in [0.1, 0.15) is 0 Å². The van der Waals surface area contributed by atoms with Crippen LogP contribution in [0.5, 0.6) is 0 Å². The van der Waals surface area contributed by atoms with E-state index in [0.29, 0.717) is 36.1 Å². The van der Waals surface area contributed by atoms with Crippen molar-refractivity contribution in [3.05, 3.63) is 64.1 Å². The number of carbonyl (C=O) groups excluding carboxylic acids is 2. The highest BCUT2D eigenvalue weighted by Gasteiger charge is 2.21. The Morgan fingerprint density at radius 2 is 1.64 bits per heavy atom. The third kappa shape index (κ3) is 5.63. The van der Waals surface area contributed by atoms with Gasteiger partial charge in [-0.25, -0.2) is 0 Å². The molecule has 5 nitrogen and oxygen atoms in total. The molecule has 0 radical (unpaired) electrons. The van der Waals surface area contributed by atoms with Crippen molar-refractivity contribution in [2.24, 2.45) is 0 Å². The summed E-state index contributed by atoms with van der Waals surface area (Å²) >= 11 is 11.8. The van der Waals surface area contributed by atoms with Crippen molar-refractivity contribution in [2.45, 2.75) is 12.8 Å². The van der Waals surface area contributed by atoms with Crippen molar-refractivity contribution in [3.63, 3.8) is 0 Å². The van der Waals surface area contributed by atoms with E-state index in [1.54, 1.807) is 18.2 Å². The number of anilines is 1. The number of rotatable bonds is 6. The Hall–Kier alpha value is -2.24. The minimum atomic E-state index is -0.139. The Morgan fingerprint density at radius 3 is 2.32 bits per heavy atom. The monoisotopic (exact) mass is 419 g/mol. The van der Waals surface area contributed by atoms with Crippen LogP contribution in [0.25, 0.3) is 0 Å². The van der Waals surface area contributed by atoms with E-state index >= 15 is 0 Å². The molecule has 1 saturated heterocycles. The number of benzene rings is 2. The molecule has 0 atom stereocenters. The van der Waals surface area contributed by atoms with Gasteiger partial charge in [0, 0.05) is 44.8 Å². The zero-order valence-corrected chi connectivity index (χ0v) is 17.0. The molecule has 1 aliphatic heterocycles. The molecule has 7 heteroatoms. The van der Waals surface area contributed by atoms with Gasteiger partial charge in [-0.3, -0.25) is 9.59 Å². The first-order valence-electron chi connectivity index (χ1n) is 9.31. The number of para-hydroxylation sites is 1. The number of nitrogens with zero attached hydrogens (tertiary/aromatic N) is 2. The first-order chi connectivity index (χ1) is 13.5. The summed E-state index contributed by atoms with van der Waals surface area (Å²) in [6.45, 7) is 3.37. The van der Waals surface area contributed by atoms with Crippen LogP contribution in [0.3, 0.4) is 0 Å². The van der Waals surface area contributed by atoms with Gasteiger partial charge in [-0.15, -0.1) is 0 Å². The highest BCUT2D eigenvalue weighted by molar-refractivity contribution is 6.42. The molecule has 2 aromatic rings. The quantitative estimate of drug-likeness (QED) is 0.780. The molecular weight excluding hydrogens is 397 g/mol. The van der Waals surface area contributed by atoms with E-state index in [2.05, 4.69) is 22.3 Å². The summed E-state index contributed by atoms with van der Waals surface area (Å²) in [5.41, 5.74) is 1.97. The van der Waals surface area contributed by atoms with Gasteiger partial charge >= 0.3 is 0 Å². The average molecular weight is 420 g/mol. The molecule has 0 spiro atoms. The topological polar surface area (TPSA) is 52.7 Å². The summed E-state index contributed by atoms with van der Waals surface area (Å²) in [6.07, 6.45) is 0.513. The molecule has 1 heterocycles. The molecule has 0 bridgehead atoms.